The number of hydrogen-bond donors (Lipinski definition) is 0. The summed E-state index contributed by atoms with van der Waals surface area (Å²) < 4.78 is 5.01. The molecule has 2 rings (SSSR count). The Hall–Kier alpha value is -0.340. The van der Waals surface area contributed by atoms with Crippen molar-refractivity contribution in [2.24, 2.45) is 0 Å². The second-order valence-corrected chi connectivity index (χ2v) is 2.89. The van der Waals surface area contributed by atoms with E-state index in [0.29, 0.717) is 0 Å². The third kappa shape index (κ3) is 0.884. The predicted molar refractivity (Wildman–Crippen MR) is 36.3 cm³/mol. The van der Waals surface area contributed by atoms with Crippen molar-refractivity contribution in [1.29, 1.82) is 0 Å². The van der Waals surface area contributed by atoms with Gasteiger partial charge in [0.15, 0.2) is 6.61 Å². The zero-order valence-electron chi connectivity index (χ0n) is 4.89. The van der Waals surface area contributed by atoms with E-state index in [1.165, 1.54) is 10.4 Å². The minimum Gasteiger partial charge on any atom is -0.362 e. The molecule has 1 aliphatic rings. The molecule has 0 spiro atoms. The predicted octanol–water partition coefficient (Wildman–Crippen LogP) is 1.71. The summed E-state index contributed by atoms with van der Waals surface area (Å²) in [5, 5.41) is 2.08. The molecule has 0 fully saturated rings. The quantitative estimate of drug-likeness (QED) is 0.530. The first-order valence-corrected chi connectivity index (χ1v) is 3.79. The Morgan fingerprint density at radius 2 is 2.67 bits per heavy atom. The fourth-order valence-electron chi connectivity index (χ4n) is 0.900. The molecule has 46 valence electrons. The minimum absolute atomic E-state index is 0.795. The van der Waals surface area contributed by atoms with Gasteiger partial charge in [-0.15, -0.1) is 11.3 Å². The molecular formula is C7H6OS. The van der Waals surface area contributed by atoms with E-state index in [1.54, 1.807) is 11.3 Å². The normalized spacial score (nSPS) is 17.3. The van der Waals surface area contributed by atoms with Crippen molar-refractivity contribution in [1.82, 2.24) is 0 Å². The third-order valence-electron chi connectivity index (χ3n) is 1.39. The van der Waals surface area contributed by atoms with E-state index in [9.17, 15) is 0 Å². The highest BCUT2D eigenvalue weighted by Crippen LogP contribution is 2.22. The molecule has 1 aliphatic heterocycles. The SMILES string of the molecule is [C]1OCCc2ccsc21. The van der Waals surface area contributed by atoms with E-state index in [4.69, 9.17) is 4.74 Å². The molecule has 1 aromatic heterocycles. The van der Waals surface area contributed by atoms with Gasteiger partial charge in [0.25, 0.3) is 0 Å². The fraction of sp³-hybridized carbons (Fsp3) is 0.286. The molecular weight excluding hydrogens is 132 g/mol. The minimum atomic E-state index is 0.795. The van der Waals surface area contributed by atoms with Crippen LogP contribution in [0, 0.1) is 6.61 Å². The summed E-state index contributed by atoms with van der Waals surface area (Å²) in [6, 6.07) is 2.13. The summed E-state index contributed by atoms with van der Waals surface area (Å²) in [4.78, 5) is 1.17. The summed E-state index contributed by atoms with van der Waals surface area (Å²) in [5.41, 5.74) is 1.38. The zero-order chi connectivity index (χ0) is 6.10. The van der Waals surface area contributed by atoms with Crippen molar-refractivity contribution < 1.29 is 4.74 Å². The largest absolute Gasteiger partial charge is 0.362 e. The van der Waals surface area contributed by atoms with Gasteiger partial charge in [-0.3, -0.25) is 0 Å². The molecule has 0 N–H and O–H groups in total. The molecule has 9 heavy (non-hydrogen) atoms. The highest BCUT2D eigenvalue weighted by molar-refractivity contribution is 7.10. The molecule has 2 heteroatoms. The van der Waals surface area contributed by atoms with Gasteiger partial charge < -0.3 is 4.74 Å². The zero-order valence-corrected chi connectivity index (χ0v) is 5.70. The summed E-state index contributed by atoms with van der Waals surface area (Å²) in [6.07, 6.45) is 1.05. The van der Waals surface area contributed by atoms with Crippen molar-refractivity contribution in [2.45, 2.75) is 6.42 Å². The van der Waals surface area contributed by atoms with Gasteiger partial charge in [0.2, 0.25) is 0 Å². The van der Waals surface area contributed by atoms with Crippen LogP contribution in [-0.2, 0) is 11.2 Å². The molecule has 1 nitrogen and oxygen atoms in total. The first-order chi connectivity index (χ1) is 4.47. The van der Waals surface area contributed by atoms with Gasteiger partial charge in [-0.05, 0) is 23.4 Å². The second kappa shape index (κ2) is 2.12. The lowest BCUT2D eigenvalue weighted by atomic mass is 10.2. The summed E-state index contributed by atoms with van der Waals surface area (Å²) in [6.45, 7) is 3.66. The molecule has 0 aliphatic carbocycles. The monoisotopic (exact) mass is 138 g/mol. The molecule has 2 radical (unpaired) electrons. The molecule has 0 saturated heterocycles. The van der Waals surface area contributed by atoms with Crippen LogP contribution in [-0.4, -0.2) is 6.61 Å². The number of rotatable bonds is 0. The maximum atomic E-state index is 5.01. The van der Waals surface area contributed by atoms with E-state index < -0.39 is 0 Å². The Labute approximate surface area is 58.3 Å². The molecule has 0 aromatic carbocycles. The number of fused-ring (bicyclic) bond motifs is 1. The Bertz CT molecular complexity index is 184. The molecule has 1 aromatic rings. The lowest BCUT2D eigenvalue weighted by Crippen LogP contribution is -2.03. The highest BCUT2D eigenvalue weighted by Gasteiger charge is 2.10. The van der Waals surface area contributed by atoms with Crippen LogP contribution in [0.3, 0.4) is 0 Å². The lowest BCUT2D eigenvalue weighted by Gasteiger charge is -2.08. The van der Waals surface area contributed by atoms with Crippen LogP contribution in [0.25, 0.3) is 0 Å². The van der Waals surface area contributed by atoms with Gasteiger partial charge in [-0.2, -0.15) is 0 Å². The van der Waals surface area contributed by atoms with Crippen LogP contribution in [0.1, 0.15) is 10.4 Å². The van der Waals surface area contributed by atoms with Crippen LogP contribution in [0.15, 0.2) is 11.4 Å². The van der Waals surface area contributed by atoms with Gasteiger partial charge >= 0.3 is 0 Å². The van der Waals surface area contributed by atoms with Gasteiger partial charge in [0.05, 0.1) is 6.61 Å². The molecule has 0 bridgehead atoms. The molecule has 0 atom stereocenters. The van der Waals surface area contributed by atoms with Crippen LogP contribution in [0.2, 0.25) is 0 Å². The Kier molecular flexibility index (Phi) is 1.28. The van der Waals surface area contributed by atoms with Gasteiger partial charge in [-0.25, -0.2) is 0 Å². The van der Waals surface area contributed by atoms with E-state index in [0.717, 1.165) is 13.0 Å². The van der Waals surface area contributed by atoms with Gasteiger partial charge in [-0.1, -0.05) is 0 Å². The number of ether oxygens (including phenoxy) is 1. The summed E-state index contributed by atoms with van der Waals surface area (Å²) in [5.74, 6) is 0. The van der Waals surface area contributed by atoms with Crippen molar-refractivity contribution in [3.05, 3.63) is 28.5 Å². The highest BCUT2D eigenvalue weighted by atomic mass is 32.1. The average molecular weight is 138 g/mol. The maximum Gasteiger partial charge on any atom is 0.177 e. The molecule has 0 amide bonds. The van der Waals surface area contributed by atoms with Crippen molar-refractivity contribution >= 4 is 11.3 Å². The van der Waals surface area contributed by atoms with Crippen LogP contribution in [0.5, 0.6) is 0 Å². The van der Waals surface area contributed by atoms with E-state index in [1.807, 2.05) is 0 Å². The van der Waals surface area contributed by atoms with E-state index >= 15 is 0 Å². The van der Waals surface area contributed by atoms with Crippen LogP contribution < -0.4 is 0 Å². The number of hydrogen-bond acceptors (Lipinski definition) is 2. The Morgan fingerprint density at radius 1 is 1.67 bits per heavy atom. The van der Waals surface area contributed by atoms with Crippen LogP contribution >= 0.6 is 11.3 Å². The van der Waals surface area contributed by atoms with Crippen molar-refractivity contribution in [3.63, 3.8) is 0 Å². The first-order valence-electron chi connectivity index (χ1n) is 2.91. The Balaban J connectivity index is 2.39. The maximum absolute atomic E-state index is 5.01. The topological polar surface area (TPSA) is 9.23 Å². The van der Waals surface area contributed by atoms with Crippen molar-refractivity contribution in [2.75, 3.05) is 6.61 Å². The fourth-order valence-corrected chi connectivity index (χ4v) is 1.70. The Morgan fingerprint density at radius 3 is 3.56 bits per heavy atom. The van der Waals surface area contributed by atoms with Gasteiger partial charge in [0.1, 0.15) is 0 Å². The van der Waals surface area contributed by atoms with E-state index in [-0.39, 0.29) is 0 Å². The lowest BCUT2D eigenvalue weighted by molar-refractivity contribution is 0.206. The van der Waals surface area contributed by atoms with Gasteiger partial charge in [0, 0.05) is 4.88 Å². The third-order valence-corrected chi connectivity index (χ3v) is 2.24. The second-order valence-electron chi connectivity index (χ2n) is 1.98. The van der Waals surface area contributed by atoms with Crippen LogP contribution in [0.4, 0.5) is 0 Å². The molecule has 0 saturated carbocycles. The smallest absolute Gasteiger partial charge is 0.177 e. The summed E-state index contributed by atoms with van der Waals surface area (Å²) in [7, 11) is 0. The molecule has 0 unspecified atom stereocenters. The standard InChI is InChI=1S/C7H6OS/c1-3-8-5-7-6(1)2-4-9-7/h2,4H,1,3H2. The average Bonchev–Trinajstić information content (AvgIpc) is 2.33. The molecule has 2 heterocycles. The summed E-state index contributed by atoms with van der Waals surface area (Å²) >= 11 is 1.69. The van der Waals surface area contributed by atoms with Crippen molar-refractivity contribution in [3.8, 4) is 0 Å². The first kappa shape index (κ1) is 5.45. The number of thiophene rings is 1. The van der Waals surface area contributed by atoms with E-state index in [2.05, 4.69) is 18.1 Å².